The Kier molecular flexibility index (Phi) is 10.7. The largest absolute Gasteiger partial charge is 0.492 e. The molecular weight excluding hydrogens is 618 g/mol. The standard InChI is InChI=1S/C33H42ClN3O7S/c34-26-9-7-25(8-10-26)33(13-4-14-33)31-28-22-27(11-6-24(28)12-15-35-31)44-20-19-37(29(32(40)41)23-30(38)39)45(42,43)21-5-18-36-16-2-1-3-17-36/h6-11,22-23,31,35H,1-5,12-21H2,(H,38,39)(H,40,41)/b29-23-. The van der Waals surface area contributed by atoms with Crippen molar-refractivity contribution in [3.8, 4) is 5.75 Å². The summed E-state index contributed by atoms with van der Waals surface area (Å²) in [6.07, 6.45) is 8.12. The number of nitrogens with one attached hydrogen (secondary N) is 1. The second-order valence-electron chi connectivity index (χ2n) is 12.2. The normalized spacial score (nSPS) is 20.1. The first-order valence-electron chi connectivity index (χ1n) is 15.7. The molecule has 2 aliphatic heterocycles. The van der Waals surface area contributed by atoms with Gasteiger partial charge in [-0.15, -0.1) is 0 Å². The minimum Gasteiger partial charge on any atom is -0.492 e. The van der Waals surface area contributed by atoms with E-state index in [2.05, 4.69) is 22.3 Å². The molecule has 1 aliphatic carbocycles. The molecule has 0 spiro atoms. The number of piperidine rings is 1. The number of rotatable bonds is 14. The zero-order chi connectivity index (χ0) is 32.0. The number of carboxylic acid groups (broad SMARTS) is 2. The van der Waals surface area contributed by atoms with Gasteiger partial charge in [0, 0.05) is 16.5 Å². The fourth-order valence-electron chi connectivity index (χ4n) is 6.97. The van der Waals surface area contributed by atoms with Crippen LogP contribution >= 0.6 is 11.6 Å². The van der Waals surface area contributed by atoms with Gasteiger partial charge >= 0.3 is 11.9 Å². The lowest BCUT2D eigenvalue weighted by molar-refractivity contribution is -0.136. The van der Waals surface area contributed by atoms with Crippen molar-refractivity contribution in [3.63, 3.8) is 0 Å². The molecule has 3 aliphatic rings. The van der Waals surface area contributed by atoms with Gasteiger partial charge in [-0.2, -0.15) is 0 Å². The van der Waals surface area contributed by atoms with Gasteiger partial charge in [0.25, 0.3) is 0 Å². The molecule has 0 radical (unpaired) electrons. The third-order valence-corrected chi connectivity index (χ3v) is 11.5. The van der Waals surface area contributed by atoms with E-state index in [1.165, 1.54) is 11.1 Å². The Labute approximate surface area is 270 Å². The molecule has 2 fully saturated rings. The summed E-state index contributed by atoms with van der Waals surface area (Å²) in [7, 11) is -4.14. The Morgan fingerprint density at radius 3 is 2.44 bits per heavy atom. The van der Waals surface area contributed by atoms with Gasteiger partial charge in [0.2, 0.25) is 10.0 Å². The summed E-state index contributed by atoms with van der Waals surface area (Å²) < 4.78 is 33.6. The van der Waals surface area contributed by atoms with Gasteiger partial charge in [0.05, 0.1) is 18.4 Å². The van der Waals surface area contributed by atoms with E-state index in [1.807, 2.05) is 30.3 Å². The lowest BCUT2D eigenvalue weighted by atomic mass is 9.58. The number of sulfonamides is 1. The lowest BCUT2D eigenvalue weighted by Crippen LogP contribution is -2.49. The van der Waals surface area contributed by atoms with Gasteiger partial charge in [-0.3, -0.25) is 4.31 Å². The van der Waals surface area contributed by atoms with Crippen LogP contribution in [0, 0.1) is 0 Å². The number of fused-ring (bicyclic) bond motifs is 1. The van der Waals surface area contributed by atoms with Gasteiger partial charge in [-0.1, -0.05) is 42.6 Å². The molecule has 12 heteroatoms. The van der Waals surface area contributed by atoms with Crippen molar-refractivity contribution >= 4 is 33.6 Å². The van der Waals surface area contributed by atoms with Crippen molar-refractivity contribution in [1.82, 2.24) is 14.5 Å². The van der Waals surface area contributed by atoms with Crippen molar-refractivity contribution < 1.29 is 33.0 Å². The molecule has 2 heterocycles. The third kappa shape index (κ3) is 7.82. The Hall–Kier alpha value is -3.12. The van der Waals surface area contributed by atoms with Crippen LogP contribution in [0.2, 0.25) is 5.02 Å². The predicted octanol–water partition coefficient (Wildman–Crippen LogP) is 4.59. The van der Waals surface area contributed by atoms with E-state index >= 15 is 0 Å². The summed E-state index contributed by atoms with van der Waals surface area (Å²) in [5, 5.41) is 23.5. The molecule has 0 bridgehead atoms. The van der Waals surface area contributed by atoms with E-state index in [0.717, 1.165) is 70.1 Å². The first kappa shape index (κ1) is 33.2. The molecule has 1 atom stereocenters. The summed E-state index contributed by atoms with van der Waals surface area (Å²) in [5.74, 6) is -2.94. The van der Waals surface area contributed by atoms with E-state index in [0.29, 0.717) is 34.1 Å². The minimum atomic E-state index is -4.14. The maximum absolute atomic E-state index is 13.4. The molecule has 45 heavy (non-hydrogen) atoms. The van der Waals surface area contributed by atoms with Crippen LogP contribution < -0.4 is 10.1 Å². The molecule has 244 valence electrons. The Balaban J connectivity index is 1.32. The summed E-state index contributed by atoms with van der Waals surface area (Å²) in [6.45, 7) is 2.76. The van der Waals surface area contributed by atoms with E-state index in [-0.39, 0.29) is 30.4 Å². The molecule has 2 aromatic rings. The van der Waals surface area contributed by atoms with Crippen molar-refractivity contribution in [2.75, 3.05) is 45.1 Å². The number of benzene rings is 2. The van der Waals surface area contributed by atoms with Gasteiger partial charge in [-0.25, -0.2) is 18.0 Å². The Morgan fingerprint density at radius 1 is 1.07 bits per heavy atom. The van der Waals surface area contributed by atoms with Crippen LogP contribution in [0.4, 0.5) is 0 Å². The molecule has 5 rings (SSSR count). The maximum atomic E-state index is 13.4. The SMILES string of the molecule is O=C(O)/C=C(/C(=O)O)N(CCOc1ccc2c(c1)C(C1(c3ccc(Cl)cc3)CCC1)NCC2)S(=O)(=O)CCCN1CCCCC1. The molecule has 0 aromatic heterocycles. The number of nitrogens with zero attached hydrogens (tertiary/aromatic N) is 2. The van der Waals surface area contributed by atoms with Crippen LogP contribution in [-0.4, -0.2) is 84.9 Å². The number of carbonyl (C=O) groups is 2. The number of carboxylic acids is 2. The van der Waals surface area contributed by atoms with Crippen molar-refractivity contribution in [2.24, 2.45) is 0 Å². The molecule has 2 aromatic carbocycles. The Bertz CT molecular complexity index is 1500. The highest BCUT2D eigenvalue weighted by atomic mass is 35.5. The first-order chi connectivity index (χ1) is 21.6. The zero-order valence-corrected chi connectivity index (χ0v) is 27.0. The number of hydrogen-bond donors (Lipinski definition) is 3. The van der Waals surface area contributed by atoms with E-state index < -0.39 is 27.7 Å². The number of halogens is 1. The minimum absolute atomic E-state index is 0.0635. The van der Waals surface area contributed by atoms with Crippen LogP contribution in [0.3, 0.4) is 0 Å². The predicted molar refractivity (Wildman–Crippen MR) is 172 cm³/mol. The van der Waals surface area contributed by atoms with Crippen molar-refractivity contribution in [1.29, 1.82) is 0 Å². The summed E-state index contributed by atoms with van der Waals surface area (Å²) in [6, 6.07) is 14.0. The first-order valence-corrected chi connectivity index (χ1v) is 17.7. The quantitative estimate of drug-likeness (QED) is 0.249. The van der Waals surface area contributed by atoms with Gasteiger partial charge < -0.3 is 25.2 Å². The number of aliphatic carboxylic acids is 2. The summed E-state index contributed by atoms with van der Waals surface area (Å²) >= 11 is 6.19. The number of likely N-dealkylation sites (tertiary alicyclic amines) is 1. The van der Waals surface area contributed by atoms with E-state index in [1.54, 1.807) is 0 Å². The highest BCUT2D eigenvalue weighted by Gasteiger charge is 2.47. The van der Waals surface area contributed by atoms with Gasteiger partial charge in [0.1, 0.15) is 18.1 Å². The number of ether oxygens (including phenoxy) is 1. The molecule has 0 amide bonds. The molecule has 1 saturated heterocycles. The second-order valence-corrected chi connectivity index (χ2v) is 14.6. The highest BCUT2D eigenvalue weighted by molar-refractivity contribution is 7.89. The van der Waals surface area contributed by atoms with Crippen molar-refractivity contribution in [2.45, 2.75) is 62.8 Å². The fraction of sp³-hybridized carbons (Fsp3) is 0.515. The fourth-order valence-corrected chi connectivity index (χ4v) is 8.60. The molecular formula is C33H42ClN3O7S. The number of hydrogen-bond acceptors (Lipinski definition) is 7. The van der Waals surface area contributed by atoms with E-state index in [9.17, 15) is 28.2 Å². The Morgan fingerprint density at radius 2 is 1.80 bits per heavy atom. The molecule has 1 saturated carbocycles. The smallest absolute Gasteiger partial charge is 0.353 e. The molecule has 1 unspecified atom stereocenters. The third-order valence-electron chi connectivity index (χ3n) is 9.36. The lowest BCUT2D eigenvalue weighted by Gasteiger charge is -2.50. The molecule has 10 nitrogen and oxygen atoms in total. The average Bonchev–Trinajstić information content (AvgIpc) is 2.99. The van der Waals surface area contributed by atoms with Crippen LogP contribution in [0.1, 0.15) is 67.7 Å². The second kappa shape index (κ2) is 14.5. The highest BCUT2D eigenvalue weighted by Crippen LogP contribution is 2.53. The maximum Gasteiger partial charge on any atom is 0.353 e. The van der Waals surface area contributed by atoms with E-state index in [4.69, 9.17) is 16.3 Å². The summed E-state index contributed by atoms with van der Waals surface area (Å²) in [4.78, 5) is 25.7. The average molecular weight is 660 g/mol. The van der Waals surface area contributed by atoms with Crippen LogP contribution in [-0.2, 0) is 31.4 Å². The van der Waals surface area contributed by atoms with Crippen molar-refractivity contribution in [3.05, 3.63) is 76.0 Å². The van der Waals surface area contributed by atoms with Crippen LogP contribution in [0.5, 0.6) is 5.75 Å². The van der Waals surface area contributed by atoms with Crippen LogP contribution in [0.25, 0.3) is 0 Å². The van der Waals surface area contributed by atoms with Gasteiger partial charge in [0.15, 0.2) is 0 Å². The summed E-state index contributed by atoms with van der Waals surface area (Å²) in [5.41, 5.74) is 2.71. The van der Waals surface area contributed by atoms with Crippen LogP contribution in [0.15, 0.2) is 54.2 Å². The monoisotopic (exact) mass is 659 g/mol. The molecule has 3 N–H and O–H groups in total. The van der Waals surface area contributed by atoms with Gasteiger partial charge in [-0.05, 0) is 106 Å². The zero-order valence-electron chi connectivity index (χ0n) is 25.4. The topological polar surface area (TPSA) is 136 Å².